The van der Waals surface area contributed by atoms with E-state index in [4.69, 9.17) is 4.42 Å². The van der Waals surface area contributed by atoms with E-state index >= 15 is 0 Å². The standard InChI is InChI=1S/C13H8F4O3/c14-10-5-8(11-4-2-9(6-18)20-11)1-3-12(10)19-7-13(15,16)17/h1-6H,7H2. The van der Waals surface area contributed by atoms with Crippen molar-refractivity contribution in [2.45, 2.75) is 6.18 Å². The van der Waals surface area contributed by atoms with Crippen molar-refractivity contribution in [1.82, 2.24) is 0 Å². The first-order chi connectivity index (χ1) is 9.39. The summed E-state index contributed by atoms with van der Waals surface area (Å²) < 4.78 is 58.9. The van der Waals surface area contributed by atoms with Gasteiger partial charge in [-0.25, -0.2) is 4.39 Å². The molecule has 106 valence electrons. The molecule has 1 heterocycles. The van der Waals surface area contributed by atoms with Crippen LogP contribution in [-0.2, 0) is 0 Å². The minimum absolute atomic E-state index is 0.0674. The minimum Gasteiger partial charge on any atom is -0.481 e. The van der Waals surface area contributed by atoms with E-state index in [2.05, 4.69) is 4.74 Å². The number of alkyl halides is 3. The molecule has 2 aromatic rings. The molecule has 2 rings (SSSR count). The van der Waals surface area contributed by atoms with Crippen molar-refractivity contribution in [2.75, 3.05) is 6.61 Å². The smallest absolute Gasteiger partial charge is 0.422 e. The summed E-state index contributed by atoms with van der Waals surface area (Å²) in [7, 11) is 0. The van der Waals surface area contributed by atoms with Crippen molar-refractivity contribution in [2.24, 2.45) is 0 Å². The quantitative estimate of drug-likeness (QED) is 0.634. The van der Waals surface area contributed by atoms with Gasteiger partial charge in [-0.15, -0.1) is 0 Å². The Morgan fingerprint density at radius 2 is 1.95 bits per heavy atom. The highest BCUT2D eigenvalue weighted by molar-refractivity contribution is 5.72. The van der Waals surface area contributed by atoms with Gasteiger partial charge in [0.25, 0.3) is 0 Å². The number of hydrogen-bond donors (Lipinski definition) is 0. The van der Waals surface area contributed by atoms with E-state index in [-0.39, 0.29) is 17.1 Å². The number of benzene rings is 1. The third kappa shape index (κ3) is 3.37. The monoisotopic (exact) mass is 288 g/mol. The molecule has 0 aliphatic rings. The van der Waals surface area contributed by atoms with Crippen LogP contribution in [0, 0.1) is 5.82 Å². The van der Waals surface area contributed by atoms with E-state index in [0.717, 1.165) is 12.1 Å². The van der Waals surface area contributed by atoms with Crippen molar-refractivity contribution in [1.29, 1.82) is 0 Å². The molecule has 0 bridgehead atoms. The van der Waals surface area contributed by atoms with Gasteiger partial charge in [-0.05, 0) is 30.3 Å². The van der Waals surface area contributed by atoms with Crippen LogP contribution in [-0.4, -0.2) is 19.1 Å². The van der Waals surface area contributed by atoms with Gasteiger partial charge in [0.2, 0.25) is 0 Å². The zero-order valence-corrected chi connectivity index (χ0v) is 9.91. The highest BCUT2D eigenvalue weighted by atomic mass is 19.4. The normalized spacial score (nSPS) is 11.4. The van der Waals surface area contributed by atoms with Crippen LogP contribution in [0.4, 0.5) is 17.6 Å². The van der Waals surface area contributed by atoms with Crippen molar-refractivity contribution in [3.8, 4) is 17.1 Å². The fourth-order valence-corrected chi connectivity index (χ4v) is 1.50. The molecule has 0 radical (unpaired) electrons. The van der Waals surface area contributed by atoms with E-state index < -0.39 is 24.3 Å². The maximum atomic E-state index is 13.6. The highest BCUT2D eigenvalue weighted by Crippen LogP contribution is 2.28. The fraction of sp³-hybridized carbons (Fsp3) is 0.154. The van der Waals surface area contributed by atoms with Gasteiger partial charge in [-0.2, -0.15) is 13.2 Å². The van der Waals surface area contributed by atoms with Crippen LogP contribution < -0.4 is 4.74 Å². The third-order valence-electron chi connectivity index (χ3n) is 2.35. The largest absolute Gasteiger partial charge is 0.481 e. The molecular weight excluding hydrogens is 280 g/mol. The van der Waals surface area contributed by atoms with E-state index in [1.54, 1.807) is 0 Å². The first kappa shape index (κ1) is 14.1. The summed E-state index contributed by atoms with van der Waals surface area (Å²) in [5, 5.41) is 0. The Morgan fingerprint density at radius 3 is 2.50 bits per heavy atom. The van der Waals surface area contributed by atoms with Gasteiger partial charge >= 0.3 is 6.18 Å². The molecule has 1 aromatic heterocycles. The molecule has 0 spiro atoms. The predicted octanol–water partition coefficient (Wildman–Crippen LogP) is 3.84. The van der Waals surface area contributed by atoms with Gasteiger partial charge in [0.1, 0.15) is 5.76 Å². The van der Waals surface area contributed by atoms with Gasteiger partial charge in [-0.1, -0.05) is 0 Å². The van der Waals surface area contributed by atoms with Gasteiger partial charge in [0.05, 0.1) is 0 Å². The lowest BCUT2D eigenvalue weighted by Gasteiger charge is -2.10. The molecule has 0 saturated carbocycles. The highest BCUT2D eigenvalue weighted by Gasteiger charge is 2.29. The maximum absolute atomic E-state index is 13.6. The summed E-state index contributed by atoms with van der Waals surface area (Å²) in [5.74, 6) is -1.16. The number of furan rings is 1. The second kappa shape index (κ2) is 5.36. The lowest BCUT2D eigenvalue weighted by Crippen LogP contribution is -2.19. The summed E-state index contributed by atoms with van der Waals surface area (Å²) in [6.07, 6.45) is -4.05. The molecule has 0 aliphatic heterocycles. The van der Waals surface area contributed by atoms with Crippen molar-refractivity contribution in [3.05, 3.63) is 41.9 Å². The van der Waals surface area contributed by atoms with E-state index in [1.807, 2.05) is 0 Å². The van der Waals surface area contributed by atoms with Gasteiger partial charge < -0.3 is 9.15 Å². The molecule has 3 nitrogen and oxygen atoms in total. The van der Waals surface area contributed by atoms with Crippen LogP contribution in [0.1, 0.15) is 10.6 Å². The molecule has 0 unspecified atom stereocenters. The Morgan fingerprint density at radius 1 is 1.20 bits per heavy atom. The number of carbonyl (C=O) groups excluding carboxylic acids is 1. The summed E-state index contributed by atoms with van der Waals surface area (Å²) in [4.78, 5) is 10.5. The zero-order chi connectivity index (χ0) is 14.8. The van der Waals surface area contributed by atoms with E-state index in [0.29, 0.717) is 6.29 Å². The summed E-state index contributed by atoms with van der Waals surface area (Å²) in [6, 6.07) is 6.23. The van der Waals surface area contributed by atoms with E-state index in [9.17, 15) is 22.4 Å². The second-order valence-electron chi connectivity index (χ2n) is 3.87. The van der Waals surface area contributed by atoms with Gasteiger partial charge in [0, 0.05) is 5.56 Å². The van der Waals surface area contributed by atoms with Gasteiger partial charge in [-0.3, -0.25) is 4.79 Å². The molecule has 0 atom stereocenters. The Bertz CT molecular complexity index is 616. The van der Waals surface area contributed by atoms with Crippen LogP contribution in [0.2, 0.25) is 0 Å². The SMILES string of the molecule is O=Cc1ccc(-c2ccc(OCC(F)(F)F)c(F)c2)o1. The molecular formula is C13H8F4O3. The molecule has 20 heavy (non-hydrogen) atoms. The fourth-order valence-electron chi connectivity index (χ4n) is 1.50. The molecule has 0 fully saturated rings. The molecule has 0 N–H and O–H groups in total. The van der Waals surface area contributed by atoms with Crippen LogP contribution in [0.3, 0.4) is 0 Å². The zero-order valence-electron chi connectivity index (χ0n) is 9.91. The van der Waals surface area contributed by atoms with Crippen LogP contribution in [0.5, 0.6) is 5.75 Å². The van der Waals surface area contributed by atoms with Crippen LogP contribution in [0.25, 0.3) is 11.3 Å². The Labute approximate surface area is 110 Å². The third-order valence-corrected chi connectivity index (χ3v) is 2.35. The summed E-state index contributed by atoms with van der Waals surface area (Å²) in [5.41, 5.74) is 0.287. The maximum Gasteiger partial charge on any atom is 0.422 e. The first-order valence-electron chi connectivity index (χ1n) is 5.43. The Kier molecular flexibility index (Phi) is 3.78. The topological polar surface area (TPSA) is 39.4 Å². The minimum atomic E-state index is -4.54. The van der Waals surface area contributed by atoms with Crippen LogP contribution >= 0.6 is 0 Å². The number of ether oxygens (including phenoxy) is 1. The van der Waals surface area contributed by atoms with Crippen molar-refractivity contribution in [3.63, 3.8) is 0 Å². The second-order valence-corrected chi connectivity index (χ2v) is 3.87. The number of hydrogen-bond acceptors (Lipinski definition) is 3. The summed E-state index contributed by atoms with van der Waals surface area (Å²) >= 11 is 0. The number of halogens is 4. The Hall–Kier alpha value is -2.31. The van der Waals surface area contributed by atoms with Crippen molar-refractivity contribution < 1.29 is 31.5 Å². The van der Waals surface area contributed by atoms with E-state index in [1.165, 1.54) is 18.2 Å². The Balaban J connectivity index is 2.19. The average molecular weight is 288 g/mol. The molecule has 1 aromatic carbocycles. The summed E-state index contributed by atoms with van der Waals surface area (Å²) in [6.45, 7) is -1.57. The average Bonchev–Trinajstić information content (AvgIpc) is 2.85. The van der Waals surface area contributed by atoms with Gasteiger partial charge in [0.15, 0.2) is 30.2 Å². The molecule has 0 saturated heterocycles. The lowest BCUT2D eigenvalue weighted by atomic mass is 10.1. The predicted molar refractivity (Wildman–Crippen MR) is 61.0 cm³/mol. The number of rotatable bonds is 4. The van der Waals surface area contributed by atoms with Crippen molar-refractivity contribution >= 4 is 6.29 Å². The molecule has 0 aliphatic carbocycles. The molecule has 0 amide bonds. The van der Waals surface area contributed by atoms with Crippen LogP contribution in [0.15, 0.2) is 34.7 Å². The lowest BCUT2D eigenvalue weighted by molar-refractivity contribution is -0.153. The first-order valence-corrected chi connectivity index (χ1v) is 5.43. The molecule has 7 heteroatoms. The number of aldehydes is 1. The number of carbonyl (C=O) groups is 1.